The van der Waals surface area contributed by atoms with E-state index in [1.165, 1.54) is 5.56 Å². The molecule has 0 fully saturated rings. The maximum atomic E-state index is 9.05. The zero-order valence-corrected chi connectivity index (χ0v) is 9.36. The standard InChI is InChI=1S/C14H12N2/c1-10-4-3-5-12(8-10)14-13(9-15)7-6-11(2)16-14/h3-8H,1-2H3. The number of aryl methyl sites for hydroxylation is 2. The van der Waals surface area contributed by atoms with Crippen LogP contribution in [0.25, 0.3) is 11.3 Å². The van der Waals surface area contributed by atoms with Gasteiger partial charge in [0.15, 0.2) is 0 Å². The molecule has 2 rings (SSSR count). The van der Waals surface area contributed by atoms with E-state index >= 15 is 0 Å². The van der Waals surface area contributed by atoms with Crippen molar-refractivity contribution in [2.75, 3.05) is 0 Å². The smallest absolute Gasteiger partial charge is 0.101 e. The molecular formula is C14H12N2. The minimum Gasteiger partial charge on any atom is -0.252 e. The number of hydrogen-bond donors (Lipinski definition) is 0. The highest BCUT2D eigenvalue weighted by Crippen LogP contribution is 2.22. The Morgan fingerprint density at radius 1 is 1.12 bits per heavy atom. The van der Waals surface area contributed by atoms with Gasteiger partial charge < -0.3 is 0 Å². The molecule has 0 aliphatic heterocycles. The fraction of sp³-hybridized carbons (Fsp3) is 0.143. The van der Waals surface area contributed by atoms with Crippen LogP contribution < -0.4 is 0 Å². The lowest BCUT2D eigenvalue weighted by Crippen LogP contribution is -1.91. The van der Waals surface area contributed by atoms with Gasteiger partial charge in [-0.15, -0.1) is 0 Å². The maximum absolute atomic E-state index is 9.05. The normalized spacial score (nSPS) is 9.81. The predicted octanol–water partition coefficient (Wildman–Crippen LogP) is 3.24. The van der Waals surface area contributed by atoms with Crippen molar-refractivity contribution in [2.45, 2.75) is 13.8 Å². The van der Waals surface area contributed by atoms with Crippen LogP contribution >= 0.6 is 0 Å². The molecule has 2 heteroatoms. The third kappa shape index (κ3) is 1.94. The topological polar surface area (TPSA) is 36.7 Å². The number of hydrogen-bond acceptors (Lipinski definition) is 2. The predicted molar refractivity (Wildman–Crippen MR) is 63.9 cm³/mol. The van der Waals surface area contributed by atoms with Crippen molar-refractivity contribution >= 4 is 0 Å². The number of nitriles is 1. The van der Waals surface area contributed by atoms with E-state index in [1.54, 1.807) is 0 Å². The minimum absolute atomic E-state index is 0.621. The molecule has 0 N–H and O–H groups in total. The van der Waals surface area contributed by atoms with Gasteiger partial charge in [-0.2, -0.15) is 5.26 Å². The first-order chi connectivity index (χ1) is 7.70. The van der Waals surface area contributed by atoms with Crippen LogP contribution in [0.2, 0.25) is 0 Å². The van der Waals surface area contributed by atoms with Gasteiger partial charge in [0.1, 0.15) is 6.07 Å². The molecule has 1 aromatic carbocycles. The van der Waals surface area contributed by atoms with Gasteiger partial charge >= 0.3 is 0 Å². The van der Waals surface area contributed by atoms with Crippen molar-refractivity contribution in [1.82, 2.24) is 4.98 Å². The van der Waals surface area contributed by atoms with Crippen molar-refractivity contribution in [3.8, 4) is 17.3 Å². The molecule has 0 radical (unpaired) electrons. The lowest BCUT2D eigenvalue weighted by molar-refractivity contribution is 1.19. The van der Waals surface area contributed by atoms with E-state index in [9.17, 15) is 0 Å². The molecule has 0 bridgehead atoms. The van der Waals surface area contributed by atoms with E-state index in [2.05, 4.69) is 11.1 Å². The van der Waals surface area contributed by atoms with Gasteiger partial charge in [0.25, 0.3) is 0 Å². The summed E-state index contributed by atoms with van der Waals surface area (Å²) in [6, 6.07) is 13.9. The zero-order valence-electron chi connectivity index (χ0n) is 9.36. The number of pyridine rings is 1. The Bertz CT molecular complexity index is 565. The second kappa shape index (κ2) is 4.16. The van der Waals surface area contributed by atoms with Gasteiger partial charge in [0.05, 0.1) is 11.3 Å². The molecule has 2 nitrogen and oxygen atoms in total. The quantitative estimate of drug-likeness (QED) is 0.721. The van der Waals surface area contributed by atoms with Gasteiger partial charge in [-0.05, 0) is 32.0 Å². The van der Waals surface area contributed by atoms with Gasteiger partial charge in [-0.25, -0.2) is 0 Å². The van der Waals surface area contributed by atoms with E-state index in [0.717, 1.165) is 17.0 Å². The van der Waals surface area contributed by atoms with Crippen molar-refractivity contribution in [3.63, 3.8) is 0 Å². The SMILES string of the molecule is Cc1cccc(-c2nc(C)ccc2C#N)c1. The second-order valence-electron chi connectivity index (χ2n) is 3.83. The van der Waals surface area contributed by atoms with E-state index in [0.29, 0.717) is 5.56 Å². The average molecular weight is 208 g/mol. The second-order valence-corrected chi connectivity index (χ2v) is 3.83. The molecule has 16 heavy (non-hydrogen) atoms. The van der Waals surface area contributed by atoms with Gasteiger partial charge in [0, 0.05) is 11.3 Å². The highest BCUT2D eigenvalue weighted by Gasteiger charge is 2.06. The van der Waals surface area contributed by atoms with Crippen LogP contribution in [0.4, 0.5) is 0 Å². The first-order valence-corrected chi connectivity index (χ1v) is 5.15. The number of aromatic nitrogens is 1. The minimum atomic E-state index is 0.621. The van der Waals surface area contributed by atoms with Crippen LogP contribution in [-0.4, -0.2) is 4.98 Å². The highest BCUT2D eigenvalue weighted by atomic mass is 14.7. The molecule has 0 spiro atoms. The summed E-state index contributed by atoms with van der Waals surface area (Å²) in [6.07, 6.45) is 0. The van der Waals surface area contributed by atoms with E-state index in [1.807, 2.05) is 50.2 Å². The molecule has 0 amide bonds. The van der Waals surface area contributed by atoms with Crippen molar-refractivity contribution < 1.29 is 0 Å². The largest absolute Gasteiger partial charge is 0.252 e. The Balaban J connectivity index is 2.64. The number of benzene rings is 1. The van der Waals surface area contributed by atoms with Crippen LogP contribution in [0.3, 0.4) is 0 Å². The third-order valence-corrected chi connectivity index (χ3v) is 2.45. The Morgan fingerprint density at radius 3 is 2.62 bits per heavy atom. The first-order valence-electron chi connectivity index (χ1n) is 5.15. The molecule has 0 aliphatic carbocycles. The molecule has 0 atom stereocenters. The van der Waals surface area contributed by atoms with Crippen molar-refractivity contribution in [1.29, 1.82) is 5.26 Å². The van der Waals surface area contributed by atoms with Gasteiger partial charge in [-0.3, -0.25) is 4.98 Å². The van der Waals surface area contributed by atoms with E-state index < -0.39 is 0 Å². The molecule has 78 valence electrons. The van der Waals surface area contributed by atoms with Crippen LogP contribution in [0.1, 0.15) is 16.8 Å². The van der Waals surface area contributed by atoms with E-state index in [-0.39, 0.29) is 0 Å². The maximum Gasteiger partial charge on any atom is 0.101 e. The molecule has 1 heterocycles. The molecule has 2 aromatic rings. The Morgan fingerprint density at radius 2 is 1.94 bits per heavy atom. The zero-order chi connectivity index (χ0) is 11.5. The lowest BCUT2D eigenvalue weighted by Gasteiger charge is -2.05. The van der Waals surface area contributed by atoms with Crippen LogP contribution in [0.5, 0.6) is 0 Å². The molecule has 1 aromatic heterocycles. The first kappa shape index (κ1) is 10.4. The Hall–Kier alpha value is -2.14. The fourth-order valence-electron chi connectivity index (χ4n) is 1.66. The summed E-state index contributed by atoms with van der Waals surface area (Å²) in [5.74, 6) is 0. The van der Waals surface area contributed by atoms with Crippen molar-refractivity contribution in [2.24, 2.45) is 0 Å². The summed E-state index contributed by atoms with van der Waals surface area (Å²) in [5, 5.41) is 9.05. The summed E-state index contributed by atoms with van der Waals surface area (Å²) < 4.78 is 0. The molecular weight excluding hydrogens is 196 g/mol. The van der Waals surface area contributed by atoms with Crippen LogP contribution in [0, 0.1) is 25.2 Å². The summed E-state index contributed by atoms with van der Waals surface area (Å²) in [5.41, 5.74) is 4.49. The Kier molecular flexibility index (Phi) is 2.70. The summed E-state index contributed by atoms with van der Waals surface area (Å²) in [6.45, 7) is 3.96. The fourth-order valence-corrected chi connectivity index (χ4v) is 1.66. The van der Waals surface area contributed by atoms with Gasteiger partial charge in [0.2, 0.25) is 0 Å². The van der Waals surface area contributed by atoms with Crippen LogP contribution in [-0.2, 0) is 0 Å². The van der Waals surface area contributed by atoms with Crippen molar-refractivity contribution in [3.05, 3.63) is 53.2 Å². The lowest BCUT2D eigenvalue weighted by atomic mass is 10.0. The number of rotatable bonds is 1. The summed E-state index contributed by atoms with van der Waals surface area (Å²) in [4.78, 5) is 4.43. The Labute approximate surface area is 95.2 Å². The molecule has 0 aliphatic rings. The molecule has 0 unspecified atom stereocenters. The van der Waals surface area contributed by atoms with E-state index in [4.69, 9.17) is 5.26 Å². The third-order valence-electron chi connectivity index (χ3n) is 2.45. The average Bonchev–Trinajstić information content (AvgIpc) is 2.29. The monoisotopic (exact) mass is 208 g/mol. The van der Waals surface area contributed by atoms with Gasteiger partial charge in [-0.1, -0.05) is 23.8 Å². The molecule has 0 saturated carbocycles. The highest BCUT2D eigenvalue weighted by molar-refractivity contribution is 5.67. The summed E-state index contributed by atoms with van der Waals surface area (Å²) >= 11 is 0. The summed E-state index contributed by atoms with van der Waals surface area (Å²) in [7, 11) is 0. The number of nitrogens with zero attached hydrogens (tertiary/aromatic N) is 2. The van der Waals surface area contributed by atoms with Crippen LogP contribution in [0.15, 0.2) is 36.4 Å². The molecule has 0 saturated heterocycles.